The van der Waals surface area contributed by atoms with Gasteiger partial charge in [-0.1, -0.05) is 6.07 Å². The van der Waals surface area contributed by atoms with Crippen molar-refractivity contribution < 1.29 is 18.9 Å². The summed E-state index contributed by atoms with van der Waals surface area (Å²) in [4.78, 5) is 4.63. The summed E-state index contributed by atoms with van der Waals surface area (Å²) in [6.45, 7) is 6.89. The van der Waals surface area contributed by atoms with E-state index in [0.29, 0.717) is 26.0 Å². The van der Waals surface area contributed by atoms with Crippen LogP contribution in [-0.4, -0.2) is 51.8 Å². The van der Waals surface area contributed by atoms with Gasteiger partial charge < -0.3 is 29.6 Å². The number of rotatable bonds is 9. The van der Waals surface area contributed by atoms with Crippen molar-refractivity contribution in [2.75, 3.05) is 39.7 Å². The number of ether oxygens (including phenoxy) is 4. The molecule has 27 heavy (non-hydrogen) atoms. The summed E-state index contributed by atoms with van der Waals surface area (Å²) in [5, 5.41) is 6.61. The van der Waals surface area contributed by atoms with Crippen molar-refractivity contribution in [2.24, 2.45) is 4.99 Å². The van der Waals surface area contributed by atoms with Crippen LogP contribution in [0.1, 0.15) is 31.7 Å². The molecule has 2 heterocycles. The first-order chi connectivity index (χ1) is 12.8. The SMILES string of the molecule is CCNC(=NCc1ccc2c(c1)OCO2)NCCCOCC1CCCO1.I. The van der Waals surface area contributed by atoms with Crippen molar-refractivity contribution in [3.05, 3.63) is 23.8 Å². The first kappa shape index (κ1) is 22.0. The summed E-state index contributed by atoms with van der Waals surface area (Å²) in [6, 6.07) is 5.92. The highest BCUT2D eigenvalue weighted by Crippen LogP contribution is 2.32. The quantitative estimate of drug-likeness (QED) is 0.240. The lowest BCUT2D eigenvalue weighted by Gasteiger charge is -2.12. The van der Waals surface area contributed by atoms with Crippen LogP contribution in [0.4, 0.5) is 0 Å². The molecule has 2 aliphatic heterocycles. The lowest BCUT2D eigenvalue weighted by Crippen LogP contribution is -2.38. The number of nitrogens with zero attached hydrogens (tertiary/aromatic N) is 1. The van der Waals surface area contributed by atoms with E-state index < -0.39 is 0 Å². The molecule has 1 aromatic rings. The first-order valence-electron chi connectivity index (χ1n) is 9.45. The molecule has 1 aromatic carbocycles. The van der Waals surface area contributed by atoms with E-state index in [1.165, 1.54) is 0 Å². The Bertz CT molecular complexity index is 594. The number of hydrogen-bond acceptors (Lipinski definition) is 5. The van der Waals surface area contributed by atoms with Gasteiger partial charge in [0.25, 0.3) is 0 Å². The van der Waals surface area contributed by atoms with Crippen molar-refractivity contribution in [1.82, 2.24) is 10.6 Å². The van der Waals surface area contributed by atoms with Crippen molar-refractivity contribution >= 4 is 29.9 Å². The van der Waals surface area contributed by atoms with Crippen molar-refractivity contribution in [3.63, 3.8) is 0 Å². The minimum absolute atomic E-state index is 0. The van der Waals surface area contributed by atoms with Crippen LogP contribution < -0.4 is 20.1 Å². The molecule has 2 N–H and O–H groups in total. The summed E-state index contributed by atoms with van der Waals surface area (Å²) in [5.74, 6) is 2.40. The lowest BCUT2D eigenvalue weighted by atomic mass is 10.2. The van der Waals surface area contributed by atoms with Crippen LogP contribution in [0.2, 0.25) is 0 Å². The molecule has 0 bridgehead atoms. The zero-order chi connectivity index (χ0) is 18.0. The normalized spacial score (nSPS) is 18.3. The predicted molar refractivity (Wildman–Crippen MR) is 115 cm³/mol. The van der Waals surface area contributed by atoms with Crippen molar-refractivity contribution in [1.29, 1.82) is 0 Å². The molecule has 7 nitrogen and oxygen atoms in total. The Balaban J connectivity index is 0.00000261. The third kappa shape index (κ3) is 7.34. The minimum Gasteiger partial charge on any atom is -0.454 e. The van der Waals surface area contributed by atoms with E-state index in [0.717, 1.165) is 68.6 Å². The third-order valence-corrected chi connectivity index (χ3v) is 4.29. The maximum absolute atomic E-state index is 5.68. The average molecular weight is 491 g/mol. The molecule has 0 aliphatic carbocycles. The van der Waals surface area contributed by atoms with Crippen molar-refractivity contribution in [2.45, 2.75) is 38.8 Å². The number of aliphatic imine (C=N–C) groups is 1. The largest absolute Gasteiger partial charge is 0.454 e. The zero-order valence-electron chi connectivity index (χ0n) is 15.9. The Kier molecular flexibility index (Phi) is 10.00. The minimum atomic E-state index is 0. The number of guanidine groups is 1. The van der Waals surface area contributed by atoms with E-state index in [4.69, 9.17) is 18.9 Å². The molecule has 1 unspecified atom stereocenters. The number of hydrogen-bond donors (Lipinski definition) is 2. The molecule has 2 aliphatic rings. The molecule has 8 heteroatoms. The van der Waals surface area contributed by atoms with Gasteiger partial charge in [0.2, 0.25) is 6.79 Å². The molecular weight excluding hydrogens is 461 g/mol. The maximum Gasteiger partial charge on any atom is 0.231 e. The van der Waals surface area contributed by atoms with Gasteiger partial charge in [-0.25, -0.2) is 4.99 Å². The summed E-state index contributed by atoms with van der Waals surface area (Å²) in [6.07, 6.45) is 3.50. The molecule has 1 atom stereocenters. The van der Waals surface area contributed by atoms with E-state index in [1.807, 2.05) is 18.2 Å². The van der Waals surface area contributed by atoms with Gasteiger partial charge in [0, 0.05) is 26.3 Å². The van der Waals surface area contributed by atoms with Crippen LogP contribution in [0.15, 0.2) is 23.2 Å². The van der Waals surface area contributed by atoms with Crippen LogP contribution in [-0.2, 0) is 16.0 Å². The van der Waals surface area contributed by atoms with Crippen LogP contribution in [0.5, 0.6) is 11.5 Å². The Morgan fingerprint density at radius 1 is 1.26 bits per heavy atom. The highest BCUT2D eigenvalue weighted by molar-refractivity contribution is 14.0. The summed E-state index contributed by atoms with van der Waals surface area (Å²) < 4.78 is 22.0. The van der Waals surface area contributed by atoms with Gasteiger partial charge in [-0.15, -0.1) is 24.0 Å². The Morgan fingerprint density at radius 2 is 2.15 bits per heavy atom. The predicted octanol–water partition coefficient (Wildman–Crippen LogP) is 2.67. The van der Waals surface area contributed by atoms with Gasteiger partial charge in [0.1, 0.15) is 0 Å². The number of nitrogens with one attached hydrogen (secondary N) is 2. The fraction of sp³-hybridized carbons (Fsp3) is 0.632. The van der Waals surface area contributed by atoms with Crippen LogP contribution in [0, 0.1) is 0 Å². The molecule has 0 radical (unpaired) electrons. The molecule has 0 aromatic heterocycles. The van der Waals surface area contributed by atoms with Crippen LogP contribution in [0.25, 0.3) is 0 Å². The van der Waals surface area contributed by atoms with Crippen LogP contribution >= 0.6 is 24.0 Å². The highest BCUT2D eigenvalue weighted by atomic mass is 127. The van der Waals surface area contributed by atoms with Gasteiger partial charge in [0.15, 0.2) is 17.5 Å². The maximum atomic E-state index is 5.68. The fourth-order valence-corrected chi connectivity index (χ4v) is 2.92. The van der Waals surface area contributed by atoms with Gasteiger partial charge >= 0.3 is 0 Å². The Labute approximate surface area is 178 Å². The zero-order valence-corrected chi connectivity index (χ0v) is 18.2. The second-order valence-electron chi connectivity index (χ2n) is 6.37. The molecule has 1 saturated heterocycles. The number of benzene rings is 1. The van der Waals surface area contributed by atoms with E-state index in [1.54, 1.807) is 0 Å². The number of halogens is 1. The summed E-state index contributed by atoms with van der Waals surface area (Å²) in [5.41, 5.74) is 1.09. The van der Waals surface area contributed by atoms with Gasteiger partial charge in [-0.3, -0.25) is 0 Å². The molecule has 3 rings (SSSR count). The van der Waals surface area contributed by atoms with E-state index in [-0.39, 0.29) is 24.0 Å². The smallest absolute Gasteiger partial charge is 0.231 e. The number of fused-ring (bicyclic) bond motifs is 1. The molecule has 0 spiro atoms. The van der Waals surface area contributed by atoms with E-state index >= 15 is 0 Å². The monoisotopic (exact) mass is 491 g/mol. The lowest BCUT2D eigenvalue weighted by molar-refractivity contribution is 0.0168. The third-order valence-electron chi connectivity index (χ3n) is 4.29. The van der Waals surface area contributed by atoms with Crippen molar-refractivity contribution in [3.8, 4) is 11.5 Å². The standard InChI is InChI=1S/C19H29N3O4.HI/c1-2-20-19(21-8-4-9-23-13-16-5-3-10-24-16)22-12-15-6-7-17-18(11-15)26-14-25-17;/h6-7,11,16H,2-5,8-10,12-14H2,1H3,(H2,20,21,22);1H. The summed E-state index contributed by atoms with van der Waals surface area (Å²) in [7, 11) is 0. The molecular formula is C19H30IN3O4. The fourth-order valence-electron chi connectivity index (χ4n) is 2.92. The second-order valence-corrected chi connectivity index (χ2v) is 6.37. The Morgan fingerprint density at radius 3 is 2.96 bits per heavy atom. The second kappa shape index (κ2) is 12.2. The van der Waals surface area contributed by atoms with E-state index in [2.05, 4.69) is 22.5 Å². The van der Waals surface area contributed by atoms with Gasteiger partial charge in [-0.2, -0.15) is 0 Å². The first-order valence-corrected chi connectivity index (χ1v) is 9.45. The van der Waals surface area contributed by atoms with E-state index in [9.17, 15) is 0 Å². The molecule has 0 saturated carbocycles. The summed E-state index contributed by atoms with van der Waals surface area (Å²) >= 11 is 0. The average Bonchev–Trinajstić information content (AvgIpc) is 3.33. The van der Waals surface area contributed by atoms with Crippen LogP contribution in [0.3, 0.4) is 0 Å². The Hall–Kier alpha value is -1.26. The van der Waals surface area contributed by atoms with Gasteiger partial charge in [0.05, 0.1) is 19.3 Å². The molecule has 0 amide bonds. The topological polar surface area (TPSA) is 73.3 Å². The van der Waals surface area contributed by atoms with Gasteiger partial charge in [-0.05, 0) is 43.9 Å². The molecule has 1 fully saturated rings. The highest BCUT2D eigenvalue weighted by Gasteiger charge is 2.15. The molecule has 152 valence electrons.